The second kappa shape index (κ2) is 7.24. The molecule has 4 heterocycles. The molecule has 0 radical (unpaired) electrons. The maximum absolute atomic E-state index is 13.4. The number of likely N-dealkylation sites (tertiary alicyclic amines) is 1. The number of benzene rings is 1. The lowest BCUT2D eigenvalue weighted by molar-refractivity contribution is -0.0217. The number of nitrogen functional groups attached to an aromatic ring is 1. The SMILES string of the molecule is Cc1nc2ccc(C(=O)N3C[C@@H](O)C[C@@](C)(O)[C@H](n4cnc5c(N)ncnc54)C3)cc2[nH]1. The van der Waals surface area contributed by atoms with Crippen LogP contribution in [0, 0.1) is 6.92 Å². The standard InChI is InChI=1S/C21H24N8O3/c1-11-26-14-4-3-12(5-15(14)27-11)20(31)28-7-13(30)6-21(2,32)16(8-28)29-10-25-17-18(22)23-9-24-19(17)29/h3-5,9-10,13,16,30,32H,6-8H2,1-2H3,(H,26,27)(H2,22,23,24)/t13-,16+,21+/m0/s1. The monoisotopic (exact) mass is 436 g/mol. The Morgan fingerprint density at radius 1 is 1.28 bits per heavy atom. The fraction of sp³-hybridized carbons (Fsp3) is 0.381. The van der Waals surface area contributed by atoms with Crippen molar-refractivity contribution in [1.82, 2.24) is 34.4 Å². The van der Waals surface area contributed by atoms with Crippen molar-refractivity contribution in [3.63, 3.8) is 0 Å². The molecule has 1 aromatic carbocycles. The fourth-order valence-corrected chi connectivity index (χ4v) is 4.52. The van der Waals surface area contributed by atoms with E-state index >= 15 is 0 Å². The number of rotatable bonds is 2. The molecule has 166 valence electrons. The Morgan fingerprint density at radius 2 is 2.09 bits per heavy atom. The van der Waals surface area contributed by atoms with E-state index in [-0.39, 0.29) is 31.2 Å². The van der Waals surface area contributed by atoms with Crippen molar-refractivity contribution < 1.29 is 15.0 Å². The number of hydrogen-bond donors (Lipinski definition) is 4. The highest BCUT2D eigenvalue weighted by atomic mass is 16.3. The predicted molar refractivity (Wildman–Crippen MR) is 117 cm³/mol. The van der Waals surface area contributed by atoms with E-state index in [0.29, 0.717) is 16.7 Å². The summed E-state index contributed by atoms with van der Waals surface area (Å²) in [6, 6.07) is 4.65. The van der Waals surface area contributed by atoms with Gasteiger partial charge in [-0.2, -0.15) is 0 Å². The number of aromatic nitrogens is 6. The van der Waals surface area contributed by atoms with E-state index in [0.717, 1.165) is 16.9 Å². The zero-order chi connectivity index (χ0) is 22.6. The maximum atomic E-state index is 13.4. The van der Waals surface area contributed by atoms with Gasteiger partial charge in [0, 0.05) is 25.1 Å². The highest BCUT2D eigenvalue weighted by Gasteiger charge is 2.42. The van der Waals surface area contributed by atoms with E-state index in [1.807, 2.05) is 6.92 Å². The molecule has 0 spiro atoms. The van der Waals surface area contributed by atoms with Crippen LogP contribution in [-0.2, 0) is 0 Å². The van der Waals surface area contributed by atoms with Crippen LogP contribution in [0.15, 0.2) is 30.9 Å². The minimum absolute atomic E-state index is 0.0838. The minimum atomic E-state index is -1.33. The van der Waals surface area contributed by atoms with Crippen molar-refractivity contribution in [2.75, 3.05) is 18.8 Å². The number of H-pyrrole nitrogens is 1. The molecule has 3 atom stereocenters. The minimum Gasteiger partial charge on any atom is -0.391 e. The normalized spacial score (nSPS) is 24.2. The summed E-state index contributed by atoms with van der Waals surface area (Å²) in [5.41, 5.74) is 7.48. The Balaban J connectivity index is 1.54. The van der Waals surface area contributed by atoms with Crippen molar-refractivity contribution in [2.45, 2.75) is 38.0 Å². The van der Waals surface area contributed by atoms with Crippen LogP contribution in [-0.4, -0.2) is 75.3 Å². The number of hydrogen-bond acceptors (Lipinski definition) is 8. The van der Waals surface area contributed by atoms with Crippen molar-refractivity contribution >= 4 is 33.9 Å². The Hall–Kier alpha value is -3.57. The first-order valence-corrected chi connectivity index (χ1v) is 10.3. The summed E-state index contributed by atoms with van der Waals surface area (Å²) in [5.74, 6) is 0.747. The number of β-amino-alcohol motifs (C(OH)–C–C–N with tert-alkyl or cyclic N) is 1. The molecule has 1 aliphatic heterocycles. The van der Waals surface area contributed by atoms with E-state index in [4.69, 9.17) is 5.73 Å². The number of aliphatic hydroxyl groups excluding tert-OH is 1. The van der Waals surface area contributed by atoms with Crippen molar-refractivity contribution in [3.05, 3.63) is 42.2 Å². The van der Waals surface area contributed by atoms with Gasteiger partial charge in [0.25, 0.3) is 5.91 Å². The third-order valence-electron chi connectivity index (χ3n) is 6.05. The van der Waals surface area contributed by atoms with Crippen LogP contribution in [0.4, 0.5) is 5.82 Å². The molecule has 0 bridgehead atoms. The number of nitrogens with zero attached hydrogens (tertiary/aromatic N) is 6. The lowest BCUT2D eigenvalue weighted by Gasteiger charge is -2.34. The summed E-state index contributed by atoms with van der Waals surface area (Å²) in [6.07, 6.45) is 2.06. The van der Waals surface area contributed by atoms with Gasteiger partial charge in [0.05, 0.1) is 35.1 Å². The van der Waals surface area contributed by atoms with Crippen LogP contribution in [0.1, 0.15) is 35.6 Å². The average molecular weight is 436 g/mol. The molecule has 11 heteroatoms. The van der Waals surface area contributed by atoms with E-state index in [1.165, 1.54) is 12.7 Å². The van der Waals surface area contributed by atoms with Gasteiger partial charge in [0.1, 0.15) is 17.7 Å². The third-order valence-corrected chi connectivity index (χ3v) is 6.05. The van der Waals surface area contributed by atoms with Crippen LogP contribution in [0.2, 0.25) is 0 Å². The number of aryl methyl sites for hydroxylation is 1. The van der Waals surface area contributed by atoms with E-state index in [1.54, 1.807) is 34.6 Å². The van der Waals surface area contributed by atoms with Gasteiger partial charge < -0.3 is 30.4 Å². The number of aliphatic hydroxyl groups is 2. The number of aromatic amines is 1. The number of fused-ring (bicyclic) bond motifs is 2. The molecule has 0 saturated carbocycles. The Labute approximate surface area is 182 Å². The van der Waals surface area contributed by atoms with Gasteiger partial charge >= 0.3 is 0 Å². The topological polar surface area (TPSA) is 159 Å². The number of nitrogens with two attached hydrogens (primary N) is 1. The molecule has 1 amide bonds. The molecule has 5 rings (SSSR count). The molecule has 4 aromatic rings. The predicted octanol–water partition coefficient (Wildman–Crippen LogP) is 0.792. The van der Waals surface area contributed by atoms with Gasteiger partial charge in [-0.3, -0.25) is 4.79 Å². The number of amides is 1. The highest BCUT2D eigenvalue weighted by molar-refractivity contribution is 5.97. The lowest BCUT2D eigenvalue weighted by Crippen LogP contribution is -2.42. The van der Waals surface area contributed by atoms with E-state index < -0.39 is 17.7 Å². The molecule has 32 heavy (non-hydrogen) atoms. The zero-order valence-corrected chi connectivity index (χ0v) is 17.7. The van der Waals surface area contributed by atoms with E-state index in [2.05, 4.69) is 24.9 Å². The zero-order valence-electron chi connectivity index (χ0n) is 17.7. The van der Waals surface area contributed by atoms with Gasteiger partial charge in [0.15, 0.2) is 11.5 Å². The molecular weight excluding hydrogens is 412 g/mol. The van der Waals surface area contributed by atoms with Crippen LogP contribution in [0.25, 0.3) is 22.2 Å². The first-order valence-electron chi connectivity index (χ1n) is 10.3. The van der Waals surface area contributed by atoms with Crippen molar-refractivity contribution in [2.24, 2.45) is 0 Å². The summed E-state index contributed by atoms with van der Waals surface area (Å²) in [4.78, 5) is 35.0. The summed E-state index contributed by atoms with van der Waals surface area (Å²) < 4.78 is 1.70. The maximum Gasteiger partial charge on any atom is 0.254 e. The Morgan fingerprint density at radius 3 is 2.91 bits per heavy atom. The first-order chi connectivity index (χ1) is 15.2. The van der Waals surface area contributed by atoms with Gasteiger partial charge in [-0.25, -0.2) is 19.9 Å². The number of anilines is 1. The Kier molecular flexibility index (Phi) is 4.60. The number of carbonyl (C=O) groups is 1. The molecule has 1 aliphatic rings. The Bertz CT molecular complexity index is 1330. The number of carbonyl (C=O) groups excluding carboxylic acids is 1. The summed E-state index contributed by atoms with van der Waals surface area (Å²) in [5, 5.41) is 21.9. The van der Waals surface area contributed by atoms with Crippen molar-refractivity contribution in [1.29, 1.82) is 0 Å². The molecule has 0 aliphatic carbocycles. The molecular formula is C21H24N8O3. The van der Waals surface area contributed by atoms with Crippen LogP contribution < -0.4 is 5.73 Å². The van der Waals surface area contributed by atoms with Crippen LogP contribution in [0.3, 0.4) is 0 Å². The van der Waals surface area contributed by atoms with Crippen LogP contribution in [0.5, 0.6) is 0 Å². The smallest absolute Gasteiger partial charge is 0.254 e. The summed E-state index contributed by atoms with van der Waals surface area (Å²) in [7, 11) is 0. The summed E-state index contributed by atoms with van der Waals surface area (Å²) >= 11 is 0. The van der Waals surface area contributed by atoms with Gasteiger partial charge in [-0.15, -0.1) is 0 Å². The van der Waals surface area contributed by atoms with Crippen molar-refractivity contribution in [3.8, 4) is 0 Å². The lowest BCUT2D eigenvalue weighted by atomic mass is 9.91. The van der Waals surface area contributed by atoms with Gasteiger partial charge in [-0.1, -0.05) is 0 Å². The molecule has 5 N–H and O–H groups in total. The molecule has 0 unspecified atom stereocenters. The highest BCUT2D eigenvalue weighted by Crippen LogP contribution is 2.34. The second-order valence-electron chi connectivity index (χ2n) is 8.58. The van der Waals surface area contributed by atoms with Crippen LogP contribution >= 0.6 is 0 Å². The molecule has 1 saturated heterocycles. The third kappa shape index (κ3) is 3.35. The molecule has 3 aromatic heterocycles. The first kappa shape index (κ1) is 20.3. The quantitative estimate of drug-likeness (QED) is 0.359. The number of imidazole rings is 2. The second-order valence-corrected chi connectivity index (χ2v) is 8.58. The molecule has 11 nitrogen and oxygen atoms in total. The van der Waals surface area contributed by atoms with Gasteiger partial charge in [0.2, 0.25) is 0 Å². The van der Waals surface area contributed by atoms with E-state index in [9.17, 15) is 15.0 Å². The van der Waals surface area contributed by atoms with Gasteiger partial charge in [-0.05, 0) is 32.0 Å². The summed E-state index contributed by atoms with van der Waals surface area (Å²) in [6.45, 7) is 3.74. The molecule has 1 fully saturated rings. The number of nitrogens with one attached hydrogen (secondary N) is 1. The average Bonchev–Trinajstić information content (AvgIpc) is 3.29. The largest absolute Gasteiger partial charge is 0.391 e. The fourth-order valence-electron chi connectivity index (χ4n) is 4.52.